The number of ether oxygens (including phenoxy) is 1. The predicted octanol–water partition coefficient (Wildman–Crippen LogP) is 7.55. The summed E-state index contributed by atoms with van der Waals surface area (Å²) in [4.78, 5) is 28.3. The zero-order valence-electron chi connectivity index (χ0n) is 25.3. The number of methoxy groups -OCH3 is 1. The molecule has 1 N–H and O–H groups in total. The molecule has 3 aromatic carbocycles. The van der Waals surface area contributed by atoms with Crippen LogP contribution in [0.5, 0.6) is 0 Å². The highest BCUT2D eigenvalue weighted by Gasteiger charge is 2.25. The van der Waals surface area contributed by atoms with Gasteiger partial charge in [-0.25, -0.2) is 13.6 Å². The summed E-state index contributed by atoms with van der Waals surface area (Å²) in [7, 11) is 1.32. The highest BCUT2D eigenvalue weighted by atomic mass is 32.2. The van der Waals surface area contributed by atoms with Crippen LogP contribution in [0.3, 0.4) is 0 Å². The average Bonchev–Trinajstić information content (AvgIpc) is 2.99. The Labute approximate surface area is 258 Å². The molecule has 4 rings (SSSR count). The van der Waals surface area contributed by atoms with Crippen molar-refractivity contribution in [1.82, 2.24) is 10.2 Å². The summed E-state index contributed by atoms with van der Waals surface area (Å²) in [5.74, 6) is -0.723. The number of carbonyl (C=O) groups excluding carboxylic acids is 2. The highest BCUT2D eigenvalue weighted by Crippen LogP contribution is 2.30. The monoisotopic (exact) mass is 608 g/mol. The molecule has 1 aliphatic rings. The molecule has 0 unspecified atom stereocenters. The van der Waals surface area contributed by atoms with E-state index in [-0.39, 0.29) is 5.91 Å². The van der Waals surface area contributed by atoms with E-state index in [0.717, 1.165) is 47.7 Å². The lowest BCUT2D eigenvalue weighted by Crippen LogP contribution is -2.42. The van der Waals surface area contributed by atoms with Gasteiger partial charge in [-0.2, -0.15) is 11.8 Å². The number of benzene rings is 3. The molecule has 0 bridgehead atoms. The Morgan fingerprint density at radius 1 is 0.953 bits per heavy atom. The zero-order chi connectivity index (χ0) is 30.8. The second-order valence-electron chi connectivity index (χ2n) is 11.5. The standard InChI is InChI=1S/C35H42F2N2O3S/c1-24-9-7-8-12-30(24)32-19-26(13-14-31(32)34(40)38-33(15-16-43-3)35(41)42-2)22-39(21-25-10-5-4-6-11-25)23-27-17-28(36)20-29(37)18-27/h7-9,12-14,17-20,25,33H,4-6,10-11,15-16,21-23H2,1-3H3,(H,38,40)/t33-/m0/s1. The largest absolute Gasteiger partial charge is 0.467 e. The molecule has 0 saturated heterocycles. The van der Waals surface area contributed by atoms with Crippen molar-refractivity contribution >= 4 is 23.6 Å². The van der Waals surface area contributed by atoms with Gasteiger partial charge in [0, 0.05) is 31.3 Å². The van der Waals surface area contributed by atoms with E-state index in [9.17, 15) is 18.4 Å². The summed E-state index contributed by atoms with van der Waals surface area (Å²) in [5.41, 5.74) is 4.80. The number of rotatable bonds is 13. The molecule has 3 aromatic rings. The molecular weight excluding hydrogens is 566 g/mol. The van der Waals surface area contributed by atoms with E-state index in [1.807, 2.05) is 55.6 Å². The number of halogens is 2. The lowest BCUT2D eigenvalue weighted by Gasteiger charge is -2.30. The van der Waals surface area contributed by atoms with Crippen molar-refractivity contribution in [3.05, 3.63) is 94.6 Å². The molecule has 0 heterocycles. The molecule has 230 valence electrons. The van der Waals surface area contributed by atoms with E-state index in [0.29, 0.717) is 42.3 Å². The van der Waals surface area contributed by atoms with Crippen LogP contribution in [-0.4, -0.2) is 48.5 Å². The molecule has 1 saturated carbocycles. The van der Waals surface area contributed by atoms with E-state index in [1.54, 1.807) is 11.8 Å². The van der Waals surface area contributed by atoms with Gasteiger partial charge in [0.2, 0.25) is 0 Å². The van der Waals surface area contributed by atoms with Crippen molar-refractivity contribution in [2.45, 2.75) is 64.6 Å². The van der Waals surface area contributed by atoms with Crippen LogP contribution in [0.2, 0.25) is 0 Å². The SMILES string of the molecule is COC(=O)[C@H](CCSC)NC(=O)c1ccc(CN(Cc2cc(F)cc(F)c2)CC2CCCCC2)cc1-c1ccccc1C. The van der Waals surface area contributed by atoms with Gasteiger partial charge in [-0.3, -0.25) is 9.69 Å². The maximum Gasteiger partial charge on any atom is 0.328 e. The van der Waals surface area contributed by atoms with Crippen LogP contribution in [0, 0.1) is 24.5 Å². The molecule has 0 aromatic heterocycles. The summed E-state index contributed by atoms with van der Waals surface area (Å²) in [6, 6.07) is 16.7. The third kappa shape index (κ3) is 9.38. The number of nitrogens with zero attached hydrogens (tertiary/aromatic N) is 1. The van der Waals surface area contributed by atoms with Crippen molar-refractivity contribution in [3.63, 3.8) is 0 Å². The van der Waals surface area contributed by atoms with Gasteiger partial charge in [-0.15, -0.1) is 0 Å². The third-order valence-corrected chi connectivity index (χ3v) is 8.79. The molecule has 0 spiro atoms. The van der Waals surface area contributed by atoms with E-state index < -0.39 is 23.6 Å². The predicted molar refractivity (Wildman–Crippen MR) is 170 cm³/mol. The summed E-state index contributed by atoms with van der Waals surface area (Å²) in [5, 5.41) is 2.90. The minimum absolute atomic E-state index is 0.337. The first kappa shape index (κ1) is 32.7. The van der Waals surface area contributed by atoms with Crippen LogP contribution in [0.4, 0.5) is 8.78 Å². The molecular formula is C35H42F2N2O3S. The zero-order valence-corrected chi connectivity index (χ0v) is 26.2. The number of aryl methyl sites for hydroxylation is 1. The number of hydrogen-bond donors (Lipinski definition) is 1. The average molecular weight is 609 g/mol. The fraction of sp³-hybridized carbons (Fsp3) is 0.429. The minimum Gasteiger partial charge on any atom is -0.467 e. The molecule has 5 nitrogen and oxygen atoms in total. The minimum atomic E-state index is -0.744. The number of thioether (sulfide) groups is 1. The smallest absolute Gasteiger partial charge is 0.328 e. The summed E-state index contributed by atoms with van der Waals surface area (Å²) >= 11 is 1.60. The Morgan fingerprint density at radius 2 is 1.65 bits per heavy atom. The number of esters is 1. The Balaban J connectivity index is 1.66. The second-order valence-corrected chi connectivity index (χ2v) is 12.5. The highest BCUT2D eigenvalue weighted by molar-refractivity contribution is 7.98. The molecule has 0 radical (unpaired) electrons. The Kier molecular flexibility index (Phi) is 12.2. The molecule has 43 heavy (non-hydrogen) atoms. The van der Waals surface area contributed by atoms with Crippen molar-refractivity contribution in [2.24, 2.45) is 5.92 Å². The number of hydrogen-bond acceptors (Lipinski definition) is 5. The molecule has 1 aliphatic carbocycles. The van der Waals surface area contributed by atoms with Gasteiger partial charge >= 0.3 is 5.97 Å². The quantitative estimate of drug-likeness (QED) is 0.203. The fourth-order valence-corrected chi connectivity index (χ4v) is 6.46. The Hall–Kier alpha value is -3.23. The van der Waals surface area contributed by atoms with Crippen LogP contribution >= 0.6 is 11.8 Å². The van der Waals surface area contributed by atoms with E-state index in [2.05, 4.69) is 10.2 Å². The summed E-state index contributed by atoms with van der Waals surface area (Å²) in [6.45, 7) is 3.82. The van der Waals surface area contributed by atoms with E-state index in [1.165, 1.54) is 38.5 Å². The van der Waals surface area contributed by atoms with Gasteiger partial charge in [0.05, 0.1) is 7.11 Å². The van der Waals surface area contributed by atoms with Crippen LogP contribution in [-0.2, 0) is 22.6 Å². The fourth-order valence-electron chi connectivity index (χ4n) is 5.99. The first-order chi connectivity index (χ1) is 20.8. The van der Waals surface area contributed by atoms with Gasteiger partial charge < -0.3 is 10.1 Å². The van der Waals surface area contributed by atoms with Crippen LogP contribution in [0.1, 0.15) is 65.6 Å². The first-order valence-electron chi connectivity index (χ1n) is 15.0. The first-order valence-corrected chi connectivity index (χ1v) is 16.4. The van der Waals surface area contributed by atoms with Crippen molar-refractivity contribution in [1.29, 1.82) is 0 Å². The molecule has 1 atom stereocenters. The van der Waals surface area contributed by atoms with Gasteiger partial charge in [0.15, 0.2) is 0 Å². The van der Waals surface area contributed by atoms with Crippen molar-refractivity contribution in [3.8, 4) is 11.1 Å². The topological polar surface area (TPSA) is 58.6 Å². The van der Waals surface area contributed by atoms with Gasteiger partial charge in [-0.1, -0.05) is 49.6 Å². The maximum atomic E-state index is 14.1. The Morgan fingerprint density at radius 3 is 2.33 bits per heavy atom. The van der Waals surface area contributed by atoms with Crippen molar-refractivity contribution in [2.75, 3.05) is 25.7 Å². The van der Waals surface area contributed by atoms with Gasteiger partial charge in [-0.05, 0) is 96.2 Å². The molecule has 8 heteroatoms. The molecule has 0 aliphatic heterocycles. The second kappa shape index (κ2) is 16.0. The summed E-state index contributed by atoms with van der Waals surface area (Å²) in [6.07, 6.45) is 8.39. The third-order valence-electron chi connectivity index (χ3n) is 8.14. The van der Waals surface area contributed by atoms with Gasteiger partial charge in [0.25, 0.3) is 5.91 Å². The lowest BCUT2D eigenvalue weighted by molar-refractivity contribution is -0.142. The van der Waals surface area contributed by atoms with Crippen molar-refractivity contribution < 1.29 is 23.1 Å². The van der Waals surface area contributed by atoms with E-state index >= 15 is 0 Å². The molecule has 1 amide bonds. The molecule has 1 fully saturated rings. The maximum absolute atomic E-state index is 14.1. The summed E-state index contributed by atoms with van der Waals surface area (Å²) < 4.78 is 33.1. The van der Waals surface area contributed by atoms with Crippen LogP contribution in [0.15, 0.2) is 60.7 Å². The van der Waals surface area contributed by atoms with Crippen LogP contribution in [0.25, 0.3) is 11.1 Å². The lowest BCUT2D eigenvalue weighted by atomic mass is 9.88. The van der Waals surface area contributed by atoms with E-state index in [4.69, 9.17) is 4.74 Å². The Bertz CT molecular complexity index is 1370. The number of amides is 1. The number of carbonyl (C=O) groups is 2. The van der Waals surface area contributed by atoms with Gasteiger partial charge in [0.1, 0.15) is 17.7 Å². The number of nitrogens with one attached hydrogen (secondary N) is 1. The normalized spacial score (nSPS) is 14.5. The van der Waals surface area contributed by atoms with Crippen LogP contribution < -0.4 is 5.32 Å².